The Bertz CT molecular complexity index is 1010. The molecule has 7 heteroatoms. The van der Waals surface area contributed by atoms with Gasteiger partial charge in [0.15, 0.2) is 0 Å². The van der Waals surface area contributed by atoms with Crippen molar-refractivity contribution in [2.75, 3.05) is 32.8 Å². The molecule has 2 aromatic rings. The average Bonchev–Trinajstić information content (AvgIpc) is 3.10. The molecule has 0 aromatic heterocycles. The summed E-state index contributed by atoms with van der Waals surface area (Å²) in [6.45, 7) is 9.76. The SMILES string of the molecule is CCCOc1ccc([C@H]2C(=C(O)c3ccc(F)cc3)C(=O)C(=O)N2CCCN(CC)CC)cc1. The molecule has 3 rings (SSSR count). The van der Waals surface area contributed by atoms with E-state index >= 15 is 0 Å². The van der Waals surface area contributed by atoms with Gasteiger partial charge in [0.25, 0.3) is 11.7 Å². The fraction of sp³-hybridized carbons (Fsp3) is 0.407. The minimum Gasteiger partial charge on any atom is -0.507 e. The zero-order valence-electron chi connectivity index (χ0n) is 20.1. The highest BCUT2D eigenvalue weighted by Gasteiger charge is 2.45. The van der Waals surface area contributed by atoms with E-state index < -0.39 is 23.5 Å². The molecule has 1 aliphatic heterocycles. The van der Waals surface area contributed by atoms with Gasteiger partial charge in [0.2, 0.25) is 0 Å². The number of amides is 1. The summed E-state index contributed by atoms with van der Waals surface area (Å²) in [4.78, 5) is 29.9. The number of ether oxygens (including phenoxy) is 1. The Hall–Kier alpha value is -3.19. The molecule has 6 nitrogen and oxygen atoms in total. The second-order valence-corrected chi connectivity index (χ2v) is 8.30. The van der Waals surface area contributed by atoms with E-state index in [-0.39, 0.29) is 16.9 Å². The van der Waals surface area contributed by atoms with Gasteiger partial charge in [0.1, 0.15) is 17.3 Å². The smallest absolute Gasteiger partial charge is 0.295 e. The summed E-state index contributed by atoms with van der Waals surface area (Å²) in [5, 5.41) is 11.0. The van der Waals surface area contributed by atoms with Gasteiger partial charge in [-0.1, -0.05) is 32.9 Å². The van der Waals surface area contributed by atoms with Crippen LogP contribution < -0.4 is 4.74 Å². The molecule has 1 saturated heterocycles. The third-order valence-corrected chi connectivity index (χ3v) is 6.09. The molecular formula is C27H33FN2O4. The first kappa shape index (κ1) is 25.4. The number of benzene rings is 2. The van der Waals surface area contributed by atoms with Gasteiger partial charge in [-0.2, -0.15) is 0 Å². The van der Waals surface area contributed by atoms with Gasteiger partial charge in [0.05, 0.1) is 18.2 Å². The Morgan fingerprint density at radius 3 is 2.26 bits per heavy atom. The molecule has 0 bridgehead atoms. The molecule has 0 spiro atoms. The van der Waals surface area contributed by atoms with Crippen molar-refractivity contribution in [3.8, 4) is 5.75 Å². The number of Topliss-reactive ketones (excluding diaryl/α,β-unsaturated/α-hetero) is 1. The summed E-state index contributed by atoms with van der Waals surface area (Å²) >= 11 is 0. The molecule has 0 unspecified atom stereocenters. The summed E-state index contributed by atoms with van der Waals surface area (Å²) in [6.07, 6.45) is 1.58. The summed E-state index contributed by atoms with van der Waals surface area (Å²) in [5.74, 6) is -1.43. The van der Waals surface area contributed by atoms with Gasteiger partial charge in [0, 0.05) is 12.1 Å². The molecule has 1 heterocycles. The van der Waals surface area contributed by atoms with Crippen LogP contribution in [0.2, 0.25) is 0 Å². The maximum Gasteiger partial charge on any atom is 0.295 e. The second kappa shape index (κ2) is 11.8. The van der Waals surface area contributed by atoms with Gasteiger partial charge >= 0.3 is 0 Å². The van der Waals surface area contributed by atoms with Crippen molar-refractivity contribution in [1.82, 2.24) is 9.80 Å². The topological polar surface area (TPSA) is 70.1 Å². The molecule has 1 atom stereocenters. The van der Waals surface area contributed by atoms with Gasteiger partial charge in [-0.05, 0) is 74.4 Å². The van der Waals surface area contributed by atoms with Crippen LogP contribution in [0.25, 0.3) is 5.76 Å². The van der Waals surface area contributed by atoms with Crippen molar-refractivity contribution in [3.63, 3.8) is 0 Å². The van der Waals surface area contributed by atoms with E-state index in [9.17, 15) is 19.1 Å². The number of carbonyl (C=O) groups excluding carboxylic acids is 2. The molecule has 0 aliphatic carbocycles. The van der Waals surface area contributed by atoms with Gasteiger partial charge < -0.3 is 19.6 Å². The number of halogens is 1. The fourth-order valence-corrected chi connectivity index (χ4v) is 4.19. The predicted octanol–water partition coefficient (Wildman–Crippen LogP) is 4.77. The highest BCUT2D eigenvalue weighted by molar-refractivity contribution is 6.46. The van der Waals surface area contributed by atoms with Crippen LogP contribution in [0.5, 0.6) is 5.75 Å². The lowest BCUT2D eigenvalue weighted by atomic mass is 9.95. The number of carbonyl (C=O) groups is 2. The number of ketones is 1. The minimum atomic E-state index is -0.735. The Morgan fingerprint density at radius 1 is 1.03 bits per heavy atom. The van der Waals surface area contributed by atoms with E-state index in [0.29, 0.717) is 30.9 Å². The maximum absolute atomic E-state index is 13.4. The summed E-state index contributed by atoms with van der Waals surface area (Å²) in [5.41, 5.74) is 1.01. The highest BCUT2D eigenvalue weighted by Crippen LogP contribution is 2.39. The molecule has 182 valence electrons. The third kappa shape index (κ3) is 5.65. The number of aliphatic hydroxyl groups excluding tert-OH is 1. The van der Waals surface area contributed by atoms with E-state index in [1.54, 1.807) is 12.1 Å². The van der Waals surface area contributed by atoms with E-state index in [1.165, 1.54) is 29.2 Å². The monoisotopic (exact) mass is 468 g/mol. The molecule has 1 aliphatic rings. The lowest BCUT2D eigenvalue weighted by molar-refractivity contribution is -0.140. The standard InChI is InChI=1S/C27H33FN2O4/c1-4-18-34-22-14-10-19(11-15-22)24-23(25(31)20-8-12-21(28)13-9-20)26(32)27(33)30(24)17-7-16-29(5-2)6-3/h8-15,24,31H,4-7,16-18H2,1-3H3/t24-/m0/s1. The normalized spacial score (nSPS) is 17.6. The molecule has 0 radical (unpaired) electrons. The maximum atomic E-state index is 13.4. The number of likely N-dealkylation sites (tertiary alicyclic amines) is 1. The number of hydrogen-bond donors (Lipinski definition) is 1. The van der Waals surface area contributed by atoms with Crippen LogP contribution >= 0.6 is 0 Å². The highest BCUT2D eigenvalue weighted by atomic mass is 19.1. The Morgan fingerprint density at radius 2 is 1.68 bits per heavy atom. The third-order valence-electron chi connectivity index (χ3n) is 6.09. The van der Waals surface area contributed by atoms with E-state index in [4.69, 9.17) is 4.74 Å². The van der Waals surface area contributed by atoms with E-state index in [1.807, 2.05) is 19.1 Å². The van der Waals surface area contributed by atoms with Crippen LogP contribution in [0, 0.1) is 5.82 Å². The van der Waals surface area contributed by atoms with E-state index in [2.05, 4.69) is 18.7 Å². The lowest BCUT2D eigenvalue weighted by Gasteiger charge is -2.27. The first-order valence-electron chi connectivity index (χ1n) is 11.9. The van der Waals surface area contributed by atoms with Crippen molar-refractivity contribution in [2.45, 2.75) is 39.7 Å². The van der Waals surface area contributed by atoms with Crippen LogP contribution in [0.3, 0.4) is 0 Å². The Balaban J connectivity index is 1.99. The van der Waals surface area contributed by atoms with Crippen LogP contribution in [-0.2, 0) is 9.59 Å². The Kier molecular flexibility index (Phi) is 8.82. The minimum absolute atomic E-state index is 0.0154. The number of hydrogen-bond acceptors (Lipinski definition) is 5. The second-order valence-electron chi connectivity index (χ2n) is 8.30. The predicted molar refractivity (Wildman–Crippen MR) is 130 cm³/mol. The van der Waals surface area contributed by atoms with Crippen LogP contribution in [0.15, 0.2) is 54.1 Å². The number of nitrogens with zero attached hydrogens (tertiary/aromatic N) is 2. The molecule has 1 fully saturated rings. The first-order chi connectivity index (χ1) is 16.4. The van der Waals surface area contributed by atoms with Crippen molar-refractivity contribution in [2.24, 2.45) is 0 Å². The summed E-state index contributed by atoms with van der Waals surface area (Å²) in [7, 11) is 0. The number of aliphatic hydroxyl groups is 1. The zero-order chi connectivity index (χ0) is 24.7. The summed E-state index contributed by atoms with van der Waals surface area (Å²) < 4.78 is 19.1. The average molecular weight is 469 g/mol. The molecule has 2 aromatic carbocycles. The molecule has 34 heavy (non-hydrogen) atoms. The van der Waals surface area contributed by atoms with E-state index in [0.717, 1.165) is 26.1 Å². The summed E-state index contributed by atoms with van der Waals surface area (Å²) in [6, 6.07) is 11.7. The Labute approximate surface area is 200 Å². The van der Waals surface area contributed by atoms with Crippen molar-refractivity contribution >= 4 is 17.4 Å². The lowest BCUT2D eigenvalue weighted by Crippen LogP contribution is -2.33. The largest absolute Gasteiger partial charge is 0.507 e. The van der Waals surface area contributed by atoms with Crippen LogP contribution in [0.1, 0.15) is 50.8 Å². The van der Waals surface area contributed by atoms with Crippen molar-refractivity contribution < 1.29 is 23.8 Å². The van der Waals surface area contributed by atoms with Gasteiger partial charge in [-0.15, -0.1) is 0 Å². The molecule has 1 N–H and O–H groups in total. The van der Waals surface area contributed by atoms with Crippen LogP contribution in [-0.4, -0.2) is 59.4 Å². The van der Waals surface area contributed by atoms with Crippen molar-refractivity contribution in [3.05, 3.63) is 71.0 Å². The fourth-order valence-electron chi connectivity index (χ4n) is 4.19. The number of rotatable bonds is 11. The zero-order valence-corrected chi connectivity index (χ0v) is 20.1. The molecular weight excluding hydrogens is 435 g/mol. The van der Waals surface area contributed by atoms with Crippen molar-refractivity contribution in [1.29, 1.82) is 0 Å². The quantitative estimate of drug-likeness (QED) is 0.292. The van der Waals surface area contributed by atoms with Gasteiger partial charge in [-0.3, -0.25) is 9.59 Å². The first-order valence-corrected chi connectivity index (χ1v) is 11.9. The van der Waals surface area contributed by atoms with Crippen LogP contribution in [0.4, 0.5) is 4.39 Å². The molecule has 1 amide bonds. The van der Waals surface area contributed by atoms with Gasteiger partial charge in [-0.25, -0.2) is 4.39 Å². The molecule has 0 saturated carbocycles.